The Kier molecular flexibility index (Phi) is 4.08. The van der Waals surface area contributed by atoms with Crippen molar-refractivity contribution in [2.75, 3.05) is 7.11 Å². The summed E-state index contributed by atoms with van der Waals surface area (Å²) in [4.78, 5) is 4.57. The number of benzene rings is 1. The Morgan fingerprint density at radius 2 is 1.96 bits per heavy atom. The predicted molar refractivity (Wildman–Crippen MR) is 89.2 cm³/mol. The maximum absolute atomic E-state index is 12.6. The number of fused-ring (bicyclic) bond motifs is 1. The summed E-state index contributed by atoms with van der Waals surface area (Å²) in [6.07, 6.45) is 1.57. The van der Waals surface area contributed by atoms with Gasteiger partial charge in [0.1, 0.15) is 11.4 Å². The zero-order valence-electron chi connectivity index (χ0n) is 13.8. The molecule has 0 unspecified atom stereocenters. The molecule has 3 aromatic heterocycles. The van der Waals surface area contributed by atoms with Gasteiger partial charge in [-0.1, -0.05) is 12.1 Å². The largest absolute Gasteiger partial charge is 0.497 e. The SMILES string of the molecule is COc1ccc(Cc2cn3ccc(-c4nnc(C(F)F)o4)cc3n2)cc1. The number of aromatic nitrogens is 4. The Hall–Kier alpha value is -3.29. The number of rotatable bonds is 5. The summed E-state index contributed by atoms with van der Waals surface area (Å²) in [7, 11) is 1.63. The third kappa shape index (κ3) is 3.13. The Morgan fingerprint density at radius 1 is 1.15 bits per heavy atom. The molecule has 26 heavy (non-hydrogen) atoms. The highest BCUT2D eigenvalue weighted by atomic mass is 19.3. The zero-order valence-corrected chi connectivity index (χ0v) is 13.8. The number of hydrogen-bond acceptors (Lipinski definition) is 5. The monoisotopic (exact) mass is 356 g/mol. The molecule has 4 rings (SSSR count). The molecule has 6 nitrogen and oxygen atoms in total. The molecule has 0 bridgehead atoms. The van der Waals surface area contributed by atoms with E-state index in [0.717, 1.165) is 17.0 Å². The quantitative estimate of drug-likeness (QED) is 0.542. The van der Waals surface area contributed by atoms with E-state index >= 15 is 0 Å². The molecule has 132 valence electrons. The lowest BCUT2D eigenvalue weighted by molar-refractivity contribution is 0.116. The van der Waals surface area contributed by atoms with Gasteiger partial charge >= 0.3 is 6.43 Å². The zero-order chi connectivity index (χ0) is 18.1. The predicted octanol–water partition coefficient (Wildman–Crippen LogP) is 3.92. The summed E-state index contributed by atoms with van der Waals surface area (Å²) < 4.78 is 37.2. The Balaban J connectivity index is 1.60. The number of nitrogens with zero attached hydrogens (tertiary/aromatic N) is 4. The molecule has 0 atom stereocenters. The van der Waals surface area contributed by atoms with Gasteiger partial charge in [0.2, 0.25) is 5.89 Å². The highest BCUT2D eigenvalue weighted by molar-refractivity contribution is 5.60. The molecule has 1 aromatic carbocycles. The first-order valence-corrected chi connectivity index (χ1v) is 7.85. The second-order valence-electron chi connectivity index (χ2n) is 5.68. The van der Waals surface area contributed by atoms with Gasteiger partial charge in [-0.15, -0.1) is 10.2 Å². The summed E-state index contributed by atoms with van der Waals surface area (Å²) in [5.74, 6) is 0.155. The maximum atomic E-state index is 12.6. The first kappa shape index (κ1) is 16.2. The van der Waals surface area contributed by atoms with E-state index in [1.807, 2.05) is 34.9 Å². The average molecular weight is 356 g/mol. The lowest BCUT2D eigenvalue weighted by Crippen LogP contribution is -1.89. The first-order chi connectivity index (χ1) is 12.6. The van der Waals surface area contributed by atoms with E-state index in [9.17, 15) is 8.78 Å². The average Bonchev–Trinajstić information content (AvgIpc) is 3.28. The molecule has 0 fully saturated rings. The van der Waals surface area contributed by atoms with Crippen LogP contribution in [-0.2, 0) is 6.42 Å². The number of halogens is 2. The van der Waals surface area contributed by atoms with Crippen LogP contribution in [0.5, 0.6) is 5.75 Å². The third-order valence-corrected chi connectivity index (χ3v) is 3.93. The van der Waals surface area contributed by atoms with Crippen LogP contribution >= 0.6 is 0 Å². The maximum Gasteiger partial charge on any atom is 0.314 e. The van der Waals surface area contributed by atoms with Crippen molar-refractivity contribution in [1.82, 2.24) is 19.6 Å². The van der Waals surface area contributed by atoms with Crippen molar-refractivity contribution >= 4 is 5.65 Å². The highest BCUT2D eigenvalue weighted by Gasteiger charge is 2.17. The topological polar surface area (TPSA) is 65.5 Å². The van der Waals surface area contributed by atoms with Crippen molar-refractivity contribution in [3.8, 4) is 17.2 Å². The van der Waals surface area contributed by atoms with Crippen LogP contribution in [0.2, 0.25) is 0 Å². The smallest absolute Gasteiger partial charge is 0.314 e. The normalized spacial score (nSPS) is 11.4. The fourth-order valence-corrected chi connectivity index (χ4v) is 2.64. The third-order valence-electron chi connectivity index (χ3n) is 3.93. The Bertz CT molecular complexity index is 1040. The molecule has 4 aromatic rings. The molecular weight excluding hydrogens is 342 g/mol. The minimum Gasteiger partial charge on any atom is -0.497 e. The molecular formula is C18H14F2N4O2. The van der Waals surface area contributed by atoms with Gasteiger partial charge in [-0.2, -0.15) is 8.78 Å². The van der Waals surface area contributed by atoms with Crippen LogP contribution in [-0.4, -0.2) is 26.7 Å². The lowest BCUT2D eigenvalue weighted by Gasteiger charge is -2.01. The van der Waals surface area contributed by atoms with Crippen molar-refractivity contribution in [2.24, 2.45) is 0 Å². The van der Waals surface area contributed by atoms with Crippen LogP contribution in [0.4, 0.5) is 8.78 Å². The second-order valence-corrected chi connectivity index (χ2v) is 5.68. The number of ether oxygens (including phenoxy) is 1. The Morgan fingerprint density at radius 3 is 2.65 bits per heavy atom. The van der Waals surface area contributed by atoms with Crippen molar-refractivity contribution < 1.29 is 17.9 Å². The Labute approximate surface area is 147 Å². The van der Waals surface area contributed by atoms with Gasteiger partial charge in [0.15, 0.2) is 0 Å². The molecule has 0 spiro atoms. The van der Waals surface area contributed by atoms with Crippen molar-refractivity contribution in [2.45, 2.75) is 12.8 Å². The van der Waals surface area contributed by atoms with Crippen LogP contribution in [0.15, 0.2) is 53.2 Å². The summed E-state index contributed by atoms with van der Waals surface area (Å²) in [5.41, 5.74) is 3.19. The number of methoxy groups -OCH3 is 1. The van der Waals surface area contributed by atoms with Gasteiger partial charge in [0.25, 0.3) is 5.89 Å². The molecule has 0 aliphatic heterocycles. The molecule has 0 amide bonds. The van der Waals surface area contributed by atoms with E-state index in [2.05, 4.69) is 15.2 Å². The molecule has 0 radical (unpaired) electrons. The van der Waals surface area contributed by atoms with Gasteiger partial charge in [-0.3, -0.25) is 0 Å². The van der Waals surface area contributed by atoms with E-state index in [4.69, 9.17) is 9.15 Å². The summed E-state index contributed by atoms with van der Waals surface area (Å²) in [6, 6.07) is 11.2. The van der Waals surface area contributed by atoms with Crippen molar-refractivity contribution in [3.05, 3.63) is 65.9 Å². The van der Waals surface area contributed by atoms with E-state index in [0.29, 0.717) is 17.6 Å². The number of imidazole rings is 1. The number of alkyl halides is 2. The van der Waals surface area contributed by atoms with Crippen molar-refractivity contribution in [3.63, 3.8) is 0 Å². The van der Waals surface area contributed by atoms with Crippen molar-refractivity contribution in [1.29, 1.82) is 0 Å². The molecule has 0 N–H and O–H groups in total. The minimum atomic E-state index is -2.79. The first-order valence-electron chi connectivity index (χ1n) is 7.85. The van der Waals surface area contributed by atoms with E-state index < -0.39 is 12.3 Å². The fourth-order valence-electron chi connectivity index (χ4n) is 2.64. The van der Waals surface area contributed by atoms with E-state index in [-0.39, 0.29) is 5.89 Å². The molecule has 0 aliphatic carbocycles. The van der Waals surface area contributed by atoms with Gasteiger partial charge < -0.3 is 13.6 Å². The van der Waals surface area contributed by atoms with E-state index in [1.165, 1.54) is 0 Å². The molecule has 0 aliphatic rings. The second kappa shape index (κ2) is 6.55. The lowest BCUT2D eigenvalue weighted by atomic mass is 10.1. The van der Waals surface area contributed by atoms with E-state index in [1.54, 1.807) is 25.4 Å². The van der Waals surface area contributed by atoms with Crippen LogP contribution < -0.4 is 4.74 Å². The van der Waals surface area contributed by atoms with Crippen LogP contribution in [0.25, 0.3) is 17.1 Å². The van der Waals surface area contributed by atoms with Gasteiger partial charge in [-0.25, -0.2) is 4.98 Å². The van der Waals surface area contributed by atoms with Crippen LogP contribution in [0.3, 0.4) is 0 Å². The molecule has 8 heteroatoms. The summed E-state index contributed by atoms with van der Waals surface area (Å²) >= 11 is 0. The van der Waals surface area contributed by atoms with Crippen LogP contribution in [0.1, 0.15) is 23.6 Å². The molecule has 0 saturated carbocycles. The standard InChI is InChI=1S/C18H14F2N4O2/c1-25-14-4-2-11(3-5-14)8-13-10-24-7-6-12(9-15(24)21-13)17-22-23-18(26-17)16(19)20/h2-7,9-10,16H,8H2,1H3. The molecule has 3 heterocycles. The van der Waals surface area contributed by atoms with Gasteiger partial charge in [0, 0.05) is 24.4 Å². The number of hydrogen-bond donors (Lipinski definition) is 0. The van der Waals surface area contributed by atoms with Crippen LogP contribution in [0, 0.1) is 0 Å². The van der Waals surface area contributed by atoms with Gasteiger partial charge in [-0.05, 0) is 29.8 Å². The molecule has 0 saturated heterocycles. The van der Waals surface area contributed by atoms with Gasteiger partial charge in [0.05, 0.1) is 12.8 Å². The minimum absolute atomic E-state index is 0.0440. The number of pyridine rings is 1. The summed E-state index contributed by atoms with van der Waals surface area (Å²) in [5, 5.41) is 7.00. The highest BCUT2D eigenvalue weighted by Crippen LogP contribution is 2.24. The summed E-state index contributed by atoms with van der Waals surface area (Å²) in [6.45, 7) is 0. The fraction of sp³-hybridized carbons (Fsp3) is 0.167.